The number of benzene rings is 1. The van der Waals surface area contributed by atoms with Crippen molar-refractivity contribution in [2.24, 2.45) is 0 Å². The van der Waals surface area contributed by atoms with Crippen molar-refractivity contribution >= 4 is 22.9 Å². The molecule has 2 nitrogen and oxygen atoms in total. The van der Waals surface area contributed by atoms with Crippen LogP contribution in [0, 0.1) is 0 Å². The minimum absolute atomic E-state index is 0.308. The molecule has 20 heavy (non-hydrogen) atoms. The second-order valence-electron chi connectivity index (χ2n) is 4.68. The standard InChI is InChI=1S/C16H20ClNOS/c1-3-8-18-14(16-5-4-9-20-16)11-12-10-13(17)6-7-15(12)19-2/h4-7,9-10,14,18H,3,8,11H2,1-2H3. The number of thiophene rings is 1. The van der Waals surface area contributed by atoms with Gasteiger partial charge >= 0.3 is 0 Å². The summed E-state index contributed by atoms with van der Waals surface area (Å²) in [6, 6.07) is 10.4. The Kier molecular flexibility index (Phi) is 5.89. The van der Waals surface area contributed by atoms with E-state index in [1.54, 1.807) is 18.4 Å². The molecule has 0 saturated carbocycles. The van der Waals surface area contributed by atoms with Gasteiger partial charge in [0.2, 0.25) is 0 Å². The molecule has 1 heterocycles. The highest BCUT2D eigenvalue weighted by Crippen LogP contribution is 2.29. The molecule has 1 N–H and O–H groups in total. The largest absolute Gasteiger partial charge is 0.496 e. The van der Waals surface area contributed by atoms with Crippen molar-refractivity contribution in [1.29, 1.82) is 0 Å². The number of ether oxygens (including phenoxy) is 1. The van der Waals surface area contributed by atoms with Crippen molar-refractivity contribution in [3.63, 3.8) is 0 Å². The zero-order chi connectivity index (χ0) is 14.4. The second kappa shape index (κ2) is 7.67. The Morgan fingerprint density at radius 1 is 1.35 bits per heavy atom. The second-order valence-corrected chi connectivity index (χ2v) is 6.10. The molecule has 4 heteroatoms. The zero-order valence-corrected chi connectivity index (χ0v) is 13.4. The molecule has 0 aliphatic rings. The van der Waals surface area contributed by atoms with Crippen molar-refractivity contribution < 1.29 is 4.74 Å². The van der Waals surface area contributed by atoms with Gasteiger partial charge in [-0.1, -0.05) is 24.6 Å². The highest BCUT2D eigenvalue weighted by Gasteiger charge is 2.15. The molecule has 0 saturated heterocycles. The molecule has 2 rings (SSSR count). The molecule has 1 unspecified atom stereocenters. The third-order valence-corrected chi connectivity index (χ3v) is 4.41. The lowest BCUT2D eigenvalue weighted by molar-refractivity contribution is 0.405. The van der Waals surface area contributed by atoms with E-state index in [0.29, 0.717) is 6.04 Å². The molecule has 1 aromatic carbocycles. The first-order valence-corrected chi connectivity index (χ1v) is 8.09. The lowest BCUT2D eigenvalue weighted by Crippen LogP contribution is -2.23. The molecule has 108 valence electrons. The van der Waals surface area contributed by atoms with Gasteiger partial charge in [0.15, 0.2) is 0 Å². The van der Waals surface area contributed by atoms with Crippen LogP contribution in [0.4, 0.5) is 0 Å². The van der Waals surface area contributed by atoms with Gasteiger partial charge in [-0.25, -0.2) is 0 Å². The average molecular weight is 310 g/mol. The van der Waals surface area contributed by atoms with E-state index in [4.69, 9.17) is 16.3 Å². The van der Waals surface area contributed by atoms with Gasteiger partial charge in [0.25, 0.3) is 0 Å². The number of methoxy groups -OCH3 is 1. The lowest BCUT2D eigenvalue weighted by atomic mass is 10.0. The van der Waals surface area contributed by atoms with E-state index >= 15 is 0 Å². The quantitative estimate of drug-likeness (QED) is 0.801. The smallest absolute Gasteiger partial charge is 0.122 e. The Labute approximate surface area is 129 Å². The van der Waals surface area contributed by atoms with E-state index in [2.05, 4.69) is 29.8 Å². The first-order valence-electron chi connectivity index (χ1n) is 6.83. The Balaban J connectivity index is 2.21. The summed E-state index contributed by atoms with van der Waals surface area (Å²) in [7, 11) is 1.70. The molecular weight excluding hydrogens is 290 g/mol. The van der Waals surface area contributed by atoms with Gasteiger partial charge in [-0.05, 0) is 54.6 Å². The molecule has 1 atom stereocenters. The maximum absolute atomic E-state index is 6.11. The fraction of sp³-hybridized carbons (Fsp3) is 0.375. The summed E-state index contributed by atoms with van der Waals surface area (Å²) in [6.45, 7) is 3.18. The third kappa shape index (κ3) is 3.98. The molecule has 0 radical (unpaired) electrons. The Morgan fingerprint density at radius 2 is 2.20 bits per heavy atom. The Hall–Kier alpha value is -1.03. The van der Waals surface area contributed by atoms with E-state index in [9.17, 15) is 0 Å². The number of halogens is 1. The summed E-state index contributed by atoms with van der Waals surface area (Å²) in [5, 5.41) is 6.47. The van der Waals surface area contributed by atoms with Crippen LogP contribution in [-0.4, -0.2) is 13.7 Å². The fourth-order valence-electron chi connectivity index (χ4n) is 2.21. The van der Waals surface area contributed by atoms with Gasteiger partial charge in [-0.2, -0.15) is 0 Å². The minimum Gasteiger partial charge on any atom is -0.496 e. The number of hydrogen-bond donors (Lipinski definition) is 1. The van der Waals surface area contributed by atoms with Gasteiger partial charge in [-0.3, -0.25) is 0 Å². The number of rotatable bonds is 7. The SMILES string of the molecule is CCCNC(Cc1cc(Cl)ccc1OC)c1cccs1. The molecule has 0 aliphatic heterocycles. The van der Waals surface area contributed by atoms with Crippen LogP contribution in [0.15, 0.2) is 35.7 Å². The summed E-state index contributed by atoms with van der Waals surface area (Å²) >= 11 is 7.90. The summed E-state index contributed by atoms with van der Waals surface area (Å²) in [5.74, 6) is 0.897. The third-order valence-electron chi connectivity index (χ3n) is 3.19. The van der Waals surface area contributed by atoms with Crippen LogP contribution in [0.25, 0.3) is 0 Å². The van der Waals surface area contributed by atoms with Crippen LogP contribution in [0.2, 0.25) is 5.02 Å². The maximum Gasteiger partial charge on any atom is 0.122 e. The van der Waals surface area contributed by atoms with Gasteiger partial charge in [-0.15, -0.1) is 11.3 Å². The monoisotopic (exact) mass is 309 g/mol. The van der Waals surface area contributed by atoms with Crippen molar-refractivity contribution in [2.75, 3.05) is 13.7 Å². The number of hydrogen-bond acceptors (Lipinski definition) is 3. The van der Waals surface area contributed by atoms with Crippen molar-refractivity contribution in [2.45, 2.75) is 25.8 Å². The lowest BCUT2D eigenvalue weighted by Gasteiger charge is -2.19. The Bertz CT molecular complexity index is 527. The molecule has 0 amide bonds. The van der Waals surface area contributed by atoms with E-state index in [1.165, 1.54) is 4.88 Å². The highest BCUT2D eigenvalue weighted by molar-refractivity contribution is 7.10. The summed E-state index contributed by atoms with van der Waals surface area (Å²) in [6.07, 6.45) is 2.00. The summed E-state index contributed by atoms with van der Waals surface area (Å²) in [5.41, 5.74) is 1.14. The van der Waals surface area contributed by atoms with Crippen LogP contribution >= 0.6 is 22.9 Å². The van der Waals surface area contributed by atoms with Crippen LogP contribution < -0.4 is 10.1 Å². The van der Waals surface area contributed by atoms with Crippen molar-refractivity contribution in [3.8, 4) is 5.75 Å². The maximum atomic E-state index is 6.11. The Morgan fingerprint density at radius 3 is 2.85 bits per heavy atom. The van der Waals surface area contributed by atoms with Gasteiger partial charge in [0.05, 0.1) is 7.11 Å². The van der Waals surface area contributed by atoms with Crippen molar-refractivity contribution in [3.05, 3.63) is 51.2 Å². The zero-order valence-electron chi connectivity index (χ0n) is 11.9. The van der Waals surface area contributed by atoms with Gasteiger partial charge in [0, 0.05) is 15.9 Å². The molecule has 0 aliphatic carbocycles. The van der Waals surface area contributed by atoms with E-state index in [1.807, 2.05) is 18.2 Å². The molecular formula is C16H20ClNOS. The van der Waals surface area contributed by atoms with Gasteiger partial charge < -0.3 is 10.1 Å². The van der Waals surface area contributed by atoms with E-state index in [0.717, 1.165) is 35.7 Å². The molecule has 1 aromatic heterocycles. The normalized spacial score (nSPS) is 12.3. The molecule has 0 fully saturated rings. The molecule has 0 spiro atoms. The molecule has 0 bridgehead atoms. The van der Waals surface area contributed by atoms with Crippen LogP contribution in [0.3, 0.4) is 0 Å². The topological polar surface area (TPSA) is 21.3 Å². The first-order chi connectivity index (χ1) is 9.74. The summed E-state index contributed by atoms with van der Waals surface area (Å²) < 4.78 is 5.44. The van der Waals surface area contributed by atoms with E-state index in [-0.39, 0.29) is 0 Å². The van der Waals surface area contributed by atoms with Crippen LogP contribution in [0.5, 0.6) is 5.75 Å². The average Bonchev–Trinajstić information content (AvgIpc) is 2.97. The van der Waals surface area contributed by atoms with Crippen LogP contribution in [-0.2, 0) is 6.42 Å². The van der Waals surface area contributed by atoms with Crippen LogP contribution in [0.1, 0.15) is 29.8 Å². The van der Waals surface area contributed by atoms with Gasteiger partial charge in [0.1, 0.15) is 5.75 Å². The fourth-order valence-corrected chi connectivity index (χ4v) is 3.21. The predicted molar refractivity (Wildman–Crippen MR) is 87.1 cm³/mol. The van der Waals surface area contributed by atoms with Crippen molar-refractivity contribution in [1.82, 2.24) is 5.32 Å². The minimum atomic E-state index is 0.308. The number of nitrogens with one attached hydrogen (secondary N) is 1. The molecule has 2 aromatic rings. The van der Waals surface area contributed by atoms with E-state index < -0.39 is 0 Å². The predicted octanol–water partition coefficient (Wildman–Crippen LogP) is 4.69. The summed E-state index contributed by atoms with van der Waals surface area (Å²) in [4.78, 5) is 1.35. The first kappa shape index (κ1) is 15.4. The highest BCUT2D eigenvalue weighted by atomic mass is 35.5.